The quantitative estimate of drug-likeness (QED) is 0.806. The number of hydrogen-bond acceptors (Lipinski definition) is 3. The van der Waals surface area contributed by atoms with Crippen LogP contribution in [0.4, 0.5) is 13.2 Å². The molecule has 20 heavy (non-hydrogen) atoms. The molecule has 0 radical (unpaired) electrons. The maximum absolute atomic E-state index is 13.0. The van der Waals surface area contributed by atoms with Gasteiger partial charge in [0.05, 0.1) is 5.92 Å². The first kappa shape index (κ1) is 15.6. The fraction of sp³-hybridized carbons (Fsp3) is 0.923. The Balaban J connectivity index is 2.22. The average molecular weight is 293 g/mol. The average Bonchev–Trinajstić information content (AvgIpc) is 2.66. The lowest BCUT2D eigenvalue weighted by atomic mass is 9.73. The Bertz CT molecular complexity index is 353. The molecule has 1 saturated carbocycles. The summed E-state index contributed by atoms with van der Waals surface area (Å²) in [5.41, 5.74) is 4.40. The van der Waals surface area contributed by atoms with Gasteiger partial charge in [-0.2, -0.15) is 13.2 Å². The van der Waals surface area contributed by atoms with Crippen LogP contribution < -0.4 is 11.1 Å². The second-order valence-electron chi connectivity index (χ2n) is 5.82. The maximum atomic E-state index is 13.0. The second-order valence-corrected chi connectivity index (χ2v) is 5.82. The molecule has 1 heterocycles. The minimum atomic E-state index is -4.24. The van der Waals surface area contributed by atoms with Gasteiger partial charge in [-0.15, -0.1) is 0 Å². The summed E-state index contributed by atoms with van der Waals surface area (Å²) in [6.45, 7) is 2.72. The summed E-state index contributed by atoms with van der Waals surface area (Å²) in [5.74, 6) is -2.02. The fourth-order valence-electron chi connectivity index (χ4n) is 3.47. The van der Waals surface area contributed by atoms with Crippen molar-refractivity contribution in [1.29, 1.82) is 0 Å². The van der Waals surface area contributed by atoms with E-state index < -0.39 is 23.5 Å². The van der Waals surface area contributed by atoms with Gasteiger partial charge in [-0.25, -0.2) is 0 Å². The van der Waals surface area contributed by atoms with Gasteiger partial charge in [0.2, 0.25) is 5.91 Å². The van der Waals surface area contributed by atoms with Crippen molar-refractivity contribution in [3.8, 4) is 0 Å². The lowest BCUT2D eigenvalue weighted by Gasteiger charge is -2.46. The normalized spacial score (nSPS) is 33.6. The highest BCUT2D eigenvalue weighted by Crippen LogP contribution is 2.44. The molecular weight excluding hydrogens is 271 g/mol. The smallest absolute Gasteiger partial charge is 0.368 e. The van der Waals surface area contributed by atoms with Gasteiger partial charge in [0.25, 0.3) is 0 Å². The Hall–Kier alpha value is -0.820. The number of primary amides is 1. The summed E-state index contributed by atoms with van der Waals surface area (Å²) in [7, 11) is 0. The van der Waals surface area contributed by atoms with Crippen LogP contribution in [0.2, 0.25) is 0 Å². The molecule has 1 aliphatic heterocycles. The number of amides is 1. The third-order valence-corrected chi connectivity index (χ3v) is 4.59. The molecule has 3 N–H and O–H groups in total. The largest absolute Gasteiger partial charge is 0.391 e. The molecule has 4 nitrogen and oxygen atoms in total. The highest BCUT2D eigenvalue weighted by Gasteiger charge is 2.52. The second kappa shape index (κ2) is 5.89. The van der Waals surface area contributed by atoms with Crippen molar-refractivity contribution in [2.24, 2.45) is 11.7 Å². The first-order valence-corrected chi connectivity index (χ1v) is 7.19. The number of rotatable bonds is 2. The van der Waals surface area contributed by atoms with E-state index >= 15 is 0 Å². The Morgan fingerprint density at radius 1 is 1.25 bits per heavy atom. The number of halogens is 3. The first-order chi connectivity index (χ1) is 9.36. The molecule has 1 amide bonds. The number of carbonyl (C=O) groups is 1. The summed E-state index contributed by atoms with van der Waals surface area (Å²) >= 11 is 0. The summed E-state index contributed by atoms with van der Waals surface area (Å²) in [4.78, 5) is 13.8. The Kier molecular flexibility index (Phi) is 4.59. The summed E-state index contributed by atoms with van der Waals surface area (Å²) in [6, 6.07) is 0. The van der Waals surface area contributed by atoms with Gasteiger partial charge < -0.3 is 11.1 Å². The molecule has 2 rings (SSSR count). The molecule has 2 atom stereocenters. The van der Waals surface area contributed by atoms with Crippen LogP contribution in [-0.4, -0.2) is 48.7 Å². The Morgan fingerprint density at radius 2 is 2.00 bits per heavy atom. The summed E-state index contributed by atoms with van der Waals surface area (Å²) in [6.07, 6.45) is -2.67. The zero-order valence-corrected chi connectivity index (χ0v) is 11.5. The molecular formula is C13H22F3N3O. The van der Waals surface area contributed by atoms with E-state index in [9.17, 15) is 18.0 Å². The van der Waals surface area contributed by atoms with E-state index in [2.05, 4.69) is 5.32 Å². The van der Waals surface area contributed by atoms with E-state index in [-0.39, 0.29) is 12.8 Å². The maximum Gasteiger partial charge on any atom is 0.391 e. The number of nitrogens with two attached hydrogens (primary N) is 1. The van der Waals surface area contributed by atoms with Crippen LogP contribution in [0, 0.1) is 5.92 Å². The molecule has 0 aromatic rings. The number of nitrogens with zero attached hydrogens (tertiary/aromatic N) is 1. The molecule has 1 aliphatic carbocycles. The lowest BCUT2D eigenvalue weighted by Crippen LogP contribution is -2.61. The predicted molar refractivity (Wildman–Crippen MR) is 69.0 cm³/mol. The van der Waals surface area contributed by atoms with Gasteiger partial charge in [0.1, 0.15) is 5.54 Å². The lowest BCUT2D eigenvalue weighted by molar-refractivity contribution is -0.194. The molecule has 0 aromatic heterocycles. The van der Waals surface area contributed by atoms with Crippen molar-refractivity contribution in [2.75, 3.05) is 26.2 Å². The molecule has 0 spiro atoms. The van der Waals surface area contributed by atoms with Crippen LogP contribution in [-0.2, 0) is 4.79 Å². The number of alkyl halides is 3. The van der Waals surface area contributed by atoms with E-state index in [1.165, 1.54) is 0 Å². The van der Waals surface area contributed by atoms with Crippen molar-refractivity contribution in [2.45, 2.75) is 43.8 Å². The zero-order chi connectivity index (χ0) is 14.8. The minimum absolute atomic E-state index is 0.102. The van der Waals surface area contributed by atoms with E-state index in [4.69, 9.17) is 5.73 Å². The third-order valence-electron chi connectivity index (χ3n) is 4.59. The molecule has 2 unspecified atom stereocenters. The topological polar surface area (TPSA) is 58.4 Å². The minimum Gasteiger partial charge on any atom is -0.368 e. The Morgan fingerprint density at radius 3 is 2.65 bits per heavy atom. The SMILES string of the molecule is NC(=O)C1(N2CCCNCC2)CCCC(C(F)(F)F)C1. The van der Waals surface area contributed by atoms with Crippen LogP contribution in [0.1, 0.15) is 32.1 Å². The molecule has 2 aliphatic rings. The van der Waals surface area contributed by atoms with Crippen LogP contribution in [0.5, 0.6) is 0 Å². The highest BCUT2D eigenvalue weighted by atomic mass is 19.4. The van der Waals surface area contributed by atoms with Gasteiger partial charge in [-0.3, -0.25) is 9.69 Å². The Labute approximate surface area is 116 Å². The van der Waals surface area contributed by atoms with E-state index in [1.54, 1.807) is 0 Å². The highest BCUT2D eigenvalue weighted by molar-refractivity contribution is 5.84. The van der Waals surface area contributed by atoms with Crippen molar-refractivity contribution in [1.82, 2.24) is 10.2 Å². The van der Waals surface area contributed by atoms with Crippen molar-refractivity contribution >= 4 is 5.91 Å². The van der Waals surface area contributed by atoms with Crippen LogP contribution in [0.15, 0.2) is 0 Å². The monoisotopic (exact) mass is 293 g/mol. The van der Waals surface area contributed by atoms with Crippen LogP contribution >= 0.6 is 0 Å². The third kappa shape index (κ3) is 3.09. The van der Waals surface area contributed by atoms with Crippen molar-refractivity contribution in [3.63, 3.8) is 0 Å². The van der Waals surface area contributed by atoms with Gasteiger partial charge >= 0.3 is 6.18 Å². The molecule has 0 bridgehead atoms. The number of hydrogen-bond donors (Lipinski definition) is 2. The van der Waals surface area contributed by atoms with E-state index in [0.29, 0.717) is 32.5 Å². The van der Waals surface area contributed by atoms with Gasteiger partial charge in [0.15, 0.2) is 0 Å². The molecule has 1 saturated heterocycles. The molecule has 7 heteroatoms. The van der Waals surface area contributed by atoms with Gasteiger partial charge in [0, 0.05) is 19.6 Å². The van der Waals surface area contributed by atoms with E-state index in [1.807, 2.05) is 4.90 Å². The van der Waals surface area contributed by atoms with Crippen molar-refractivity contribution in [3.05, 3.63) is 0 Å². The zero-order valence-electron chi connectivity index (χ0n) is 11.5. The van der Waals surface area contributed by atoms with Gasteiger partial charge in [-0.1, -0.05) is 6.42 Å². The van der Waals surface area contributed by atoms with Crippen LogP contribution in [0.25, 0.3) is 0 Å². The number of carbonyl (C=O) groups excluding carboxylic acids is 1. The van der Waals surface area contributed by atoms with Crippen molar-refractivity contribution < 1.29 is 18.0 Å². The molecule has 0 aromatic carbocycles. The standard InChI is InChI=1S/C13H22F3N3O/c14-13(15,16)10-3-1-4-12(9-10,11(17)20)19-7-2-5-18-6-8-19/h10,18H,1-9H2,(H2,17,20). The van der Waals surface area contributed by atoms with E-state index in [0.717, 1.165) is 13.0 Å². The molecule has 116 valence electrons. The summed E-state index contributed by atoms with van der Waals surface area (Å²) < 4.78 is 39.0. The predicted octanol–water partition coefficient (Wildman–Crippen LogP) is 1.26. The number of nitrogens with one attached hydrogen (secondary N) is 1. The first-order valence-electron chi connectivity index (χ1n) is 7.19. The summed E-state index contributed by atoms with van der Waals surface area (Å²) in [5, 5.41) is 3.20. The fourth-order valence-corrected chi connectivity index (χ4v) is 3.47. The van der Waals surface area contributed by atoms with Gasteiger partial charge in [-0.05, 0) is 32.2 Å². The molecule has 2 fully saturated rings. The van der Waals surface area contributed by atoms with Crippen LogP contribution in [0.3, 0.4) is 0 Å².